The third-order valence-electron chi connectivity index (χ3n) is 3.33. The van der Waals surface area contributed by atoms with Gasteiger partial charge in [-0.2, -0.15) is 0 Å². The van der Waals surface area contributed by atoms with Crippen LogP contribution in [0.2, 0.25) is 0 Å². The van der Waals surface area contributed by atoms with Crippen LogP contribution in [0, 0.1) is 17.0 Å². The Morgan fingerprint density at radius 3 is 2.80 bits per heavy atom. The number of nitro benzene ring substituents is 1. The van der Waals surface area contributed by atoms with E-state index in [0.717, 1.165) is 49.6 Å². The standard InChI is InChI=1S/C13H18BrN3O3/c1-10-8-12(11(14)9-13(10)17(18)19)15-2-3-16-4-6-20-7-5-16/h8-9,15H,2-7H2,1H3. The second-order valence-corrected chi connectivity index (χ2v) is 5.61. The zero-order chi connectivity index (χ0) is 14.5. The van der Waals surface area contributed by atoms with Crippen molar-refractivity contribution in [2.75, 3.05) is 44.7 Å². The van der Waals surface area contributed by atoms with Crippen LogP contribution in [-0.2, 0) is 4.74 Å². The molecule has 110 valence electrons. The van der Waals surface area contributed by atoms with E-state index >= 15 is 0 Å². The van der Waals surface area contributed by atoms with Gasteiger partial charge in [0.1, 0.15) is 0 Å². The van der Waals surface area contributed by atoms with Gasteiger partial charge in [-0.1, -0.05) is 0 Å². The maximum Gasteiger partial charge on any atom is 0.273 e. The minimum atomic E-state index is -0.363. The van der Waals surface area contributed by atoms with Crippen LogP contribution in [-0.4, -0.2) is 49.2 Å². The summed E-state index contributed by atoms with van der Waals surface area (Å²) in [5.41, 5.74) is 1.68. The molecule has 0 saturated carbocycles. The molecule has 0 spiro atoms. The fraction of sp³-hybridized carbons (Fsp3) is 0.538. The van der Waals surface area contributed by atoms with E-state index in [1.165, 1.54) is 0 Å². The number of anilines is 1. The monoisotopic (exact) mass is 343 g/mol. The quantitative estimate of drug-likeness (QED) is 0.656. The molecular formula is C13H18BrN3O3. The van der Waals surface area contributed by atoms with Gasteiger partial charge in [0.15, 0.2) is 0 Å². The van der Waals surface area contributed by atoms with Crippen molar-refractivity contribution in [1.82, 2.24) is 4.90 Å². The van der Waals surface area contributed by atoms with Crippen molar-refractivity contribution in [2.24, 2.45) is 0 Å². The number of benzene rings is 1. The second-order valence-electron chi connectivity index (χ2n) is 4.76. The fourth-order valence-corrected chi connectivity index (χ4v) is 2.65. The number of morpholine rings is 1. The molecule has 1 aromatic rings. The molecule has 1 aliphatic rings. The minimum absolute atomic E-state index is 0.135. The van der Waals surface area contributed by atoms with E-state index in [1.54, 1.807) is 13.0 Å². The van der Waals surface area contributed by atoms with Crippen LogP contribution in [0.3, 0.4) is 0 Å². The van der Waals surface area contributed by atoms with Crippen LogP contribution in [0.4, 0.5) is 11.4 Å². The lowest BCUT2D eigenvalue weighted by atomic mass is 10.2. The summed E-state index contributed by atoms with van der Waals surface area (Å²) in [4.78, 5) is 12.8. The molecule has 0 amide bonds. The lowest BCUT2D eigenvalue weighted by Crippen LogP contribution is -2.39. The van der Waals surface area contributed by atoms with Gasteiger partial charge < -0.3 is 10.1 Å². The largest absolute Gasteiger partial charge is 0.383 e. The highest BCUT2D eigenvalue weighted by Gasteiger charge is 2.14. The number of aryl methyl sites for hydroxylation is 1. The van der Waals surface area contributed by atoms with E-state index in [4.69, 9.17) is 4.74 Å². The summed E-state index contributed by atoms with van der Waals surface area (Å²) >= 11 is 3.38. The van der Waals surface area contributed by atoms with Gasteiger partial charge in [-0.05, 0) is 28.9 Å². The zero-order valence-corrected chi connectivity index (χ0v) is 13.0. The summed E-state index contributed by atoms with van der Waals surface area (Å²) in [6.07, 6.45) is 0. The van der Waals surface area contributed by atoms with Gasteiger partial charge >= 0.3 is 0 Å². The summed E-state index contributed by atoms with van der Waals surface area (Å²) < 4.78 is 6.02. The first-order valence-corrected chi connectivity index (χ1v) is 7.36. The molecule has 1 saturated heterocycles. The topological polar surface area (TPSA) is 67.6 Å². The molecule has 1 fully saturated rings. The van der Waals surface area contributed by atoms with Gasteiger partial charge in [0.05, 0.1) is 18.1 Å². The van der Waals surface area contributed by atoms with E-state index < -0.39 is 0 Å². The molecule has 0 aliphatic carbocycles. The Morgan fingerprint density at radius 2 is 2.15 bits per heavy atom. The highest BCUT2D eigenvalue weighted by Crippen LogP contribution is 2.30. The SMILES string of the molecule is Cc1cc(NCCN2CCOCC2)c(Br)cc1[N+](=O)[O-]. The minimum Gasteiger partial charge on any atom is -0.383 e. The number of rotatable bonds is 5. The molecule has 0 aromatic heterocycles. The summed E-state index contributed by atoms with van der Waals surface area (Å²) in [6.45, 7) is 6.99. The number of nitro groups is 1. The van der Waals surface area contributed by atoms with E-state index in [2.05, 4.69) is 26.1 Å². The van der Waals surface area contributed by atoms with Gasteiger partial charge in [-0.15, -0.1) is 0 Å². The third kappa shape index (κ3) is 3.91. The molecular weight excluding hydrogens is 326 g/mol. The normalized spacial score (nSPS) is 16.1. The summed E-state index contributed by atoms with van der Waals surface area (Å²) in [7, 11) is 0. The van der Waals surface area contributed by atoms with Crippen LogP contribution >= 0.6 is 15.9 Å². The van der Waals surface area contributed by atoms with Crippen LogP contribution in [0.5, 0.6) is 0 Å². The van der Waals surface area contributed by atoms with E-state index in [-0.39, 0.29) is 10.6 Å². The van der Waals surface area contributed by atoms with Gasteiger partial charge in [0.25, 0.3) is 5.69 Å². The van der Waals surface area contributed by atoms with Gasteiger partial charge in [0, 0.05) is 48.0 Å². The summed E-state index contributed by atoms with van der Waals surface area (Å²) in [5.74, 6) is 0. The number of nitrogens with one attached hydrogen (secondary N) is 1. The van der Waals surface area contributed by atoms with Crippen molar-refractivity contribution in [2.45, 2.75) is 6.92 Å². The number of ether oxygens (including phenoxy) is 1. The van der Waals surface area contributed by atoms with Crippen LogP contribution < -0.4 is 5.32 Å². The maximum absolute atomic E-state index is 10.9. The van der Waals surface area contributed by atoms with Crippen molar-refractivity contribution < 1.29 is 9.66 Å². The van der Waals surface area contributed by atoms with Crippen molar-refractivity contribution in [3.63, 3.8) is 0 Å². The predicted octanol–water partition coefficient (Wildman–Crippen LogP) is 2.41. The first kappa shape index (κ1) is 15.2. The average Bonchev–Trinajstić information content (AvgIpc) is 2.43. The number of nitrogens with zero attached hydrogens (tertiary/aromatic N) is 2. The number of hydrogen-bond acceptors (Lipinski definition) is 5. The van der Waals surface area contributed by atoms with E-state index in [1.807, 2.05) is 6.07 Å². The molecule has 0 unspecified atom stereocenters. The lowest BCUT2D eigenvalue weighted by molar-refractivity contribution is -0.385. The zero-order valence-electron chi connectivity index (χ0n) is 11.4. The predicted molar refractivity (Wildman–Crippen MR) is 81.3 cm³/mol. The molecule has 2 rings (SSSR count). The summed E-state index contributed by atoms with van der Waals surface area (Å²) in [6, 6.07) is 3.36. The van der Waals surface area contributed by atoms with Gasteiger partial charge in [-0.3, -0.25) is 15.0 Å². The first-order chi connectivity index (χ1) is 9.58. The Balaban J connectivity index is 1.92. The second kappa shape index (κ2) is 7.01. The molecule has 1 N–H and O–H groups in total. The maximum atomic E-state index is 10.9. The Bertz CT molecular complexity index is 490. The van der Waals surface area contributed by atoms with Crippen LogP contribution in [0.1, 0.15) is 5.56 Å². The fourth-order valence-electron chi connectivity index (χ4n) is 2.18. The molecule has 0 bridgehead atoms. The van der Waals surface area contributed by atoms with Crippen molar-refractivity contribution >= 4 is 27.3 Å². The Hall–Kier alpha value is -1.18. The van der Waals surface area contributed by atoms with Crippen LogP contribution in [0.25, 0.3) is 0 Å². The van der Waals surface area contributed by atoms with Crippen molar-refractivity contribution in [3.8, 4) is 0 Å². The van der Waals surface area contributed by atoms with E-state index in [0.29, 0.717) is 5.56 Å². The highest BCUT2D eigenvalue weighted by molar-refractivity contribution is 9.10. The van der Waals surface area contributed by atoms with Crippen LogP contribution in [0.15, 0.2) is 16.6 Å². The Labute approximate surface area is 126 Å². The Morgan fingerprint density at radius 1 is 1.45 bits per heavy atom. The molecule has 1 aromatic carbocycles. The molecule has 0 atom stereocenters. The number of hydrogen-bond donors (Lipinski definition) is 1. The third-order valence-corrected chi connectivity index (χ3v) is 3.99. The lowest BCUT2D eigenvalue weighted by Gasteiger charge is -2.26. The average molecular weight is 344 g/mol. The van der Waals surface area contributed by atoms with Crippen molar-refractivity contribution in [1.29, 1.82) is 0 Å². The van der Waals surface area contributed by atoms with Gasteiger partial charge in [0.2, 0.25) is 0 Å². The number of halogens is 1. The summed E-state index contributed by atoms with van der Waals surface area (Å²) in [5, 5.41) is 14.2. The van der Waals surface area contributed by atoms with Gasteiger partial charge in [-0.25, -0.2) is 0 Å². The molecule has 20 heavy (non-hydrogen) atoms. The Kier molecular flexibility index (Phi) is 5.33. The molecule has 1 aliphatic heterocycles. The van der Waals surface area contributed by atoms with Crippen molar-refractivity contribution in [3.05, 3.63) is 32.3 Å². The molecule has 7 heteroatoms. The van der Waals surface area contributed by atoms with E-state index in [9.17, 15) is 10.1 Å². The smallest absolute Gasteiger partial charge is 0.273 e. The molecule has 0 radical (unpaired) electrons. The molecule has 1 heterocycles. The molecule has 6 nitrogen and oxygen atoms in total. The highest BCUT2D eigenvalue weighted by atomic mass is 79.9. The first-order valence-electron chi connectivity index (χ1n) is 6.56.